The molecule has 0 saturated carbocycles. The summed E-state index contributed by atoms with van der Waals surface area (Å²) in [4.78, 5) is 0. The lowest BCUT2D eigenvalue weighted by Crippen LogP contribution is -2.00. The van der Waals surface area contributed by atoms with Crippen LogP contribution in [0.25, 0.3) is 0 Å². The molecule has 0 rings (SSSR count). The summed E-state index contributed by atoms with van der Waals surface area (Å²) < 4.78 is 18.4. The monoisotopic (exact) mass is 587 g/mol. The molecule has 0 saturated heterocycles. The number of hydrogen-bond donors (Lipinski definition) is 0. The number of hydrogen-bond acceptors (Lipinski definition) is 3. The second-order valence-corrected chi connectivity index (χ2v) is 13.5. The highest BCUT2D eigenvalue weighted by Crippen LogP contribution is 2.40. The predicted molar refractivity (Wildman–Crippen MR) is 180 cm³/mol. The van der Waals surface area contributed by atoms with Crippen LogP contribution in [0.4, 0.5) is 0 Å². The molecule has 3 nitrogen and oxygen atoms in total. The van der Waals surface area contributed by atoms with E-state index in [0.717, 1.165) is 39.1 Å². The van der Waals surface area contributed by atoms with E-state index in [1.165, 1.54) is 173 Å². The molecule has 40 heavy (non-hydrogen) atoms. The van der Waals surface area contributed by atoms with Crippen molar-refractivity contribution >= 4 is 8.60 Å². The Labute approximate surface area is 255 Å². The lowest BCUT2D eigenvalue weighted by Gasteiger charge is -2.17. The smallest absolute Gasteiger partial charge is 0.312 e. The molecule has 0 spiro atoms. The SMILES string of the molecule is CCCCCCCCCCCCOP(OCCCCCCCCCCCC)OCCCCCCCCCCCC. The lowest BCUT2D eigenvalue weighted by molar-refractivity contribution is 0.153. The first kappa shape index (κ1) is 40.3. The van der Waals surface area contributed by atoms with Crippen molar-refractivity contribution < 1.29 is 13.6 Å². The number of unbranched alkanes of at least 4 members (excludes halogenated alkanes) is 27. The summed E-state index contributed by atoms with van der Waals surface area (Å²) in [7, 11) is -1.17. The van der Waals surface area contributed by atoms with Crippen molar-refractivity contribution in [2.24, 2.45) is 0 Å². The highest BCUT2D eigenvalue weighted by Gasteiger charge is 2.12. The van der Waals surface area contributed by atoms with Crippen LogP contribution in [0.3, 0.4) is 0 Å². The predicted octanol–water partition coefficient (Wildman–Crippen LogP) is 14.0. The lowest BCUT2D eigenvalue weighted by atomic mass is 10.1. The largest absolute Gasteiger partial charge is 0.332 e. The minimum absolute atomic E-state index is 0.790. The Bertz CT molecular complexity index is 372. The molecule has 0 bridgehead atoms. The van der Waals surface area contributed by atoms with Gasteiger partial charge in [0.15, 0.2) is 0 Å². The van der Waals surface area contributed by atoms with Crippen LogP contribution < -0.4 is 0 Å². The summed E-state index contributed by atoms with van der Waals surface area (Å²) in [5, 5.41) is 0. The fourth-order valence-corrected chi connectivity index (χ4v) is 6.36. The fraction of sp³-hybridized carbons (Fsp3) is 1.00. The van der Waals surface area contributed by atoms with E-state index < -0.39 is 8.60 Å². The van der Waals surface area contributed by atoms with Crippen LogP contribution in [0.5, 0.6) is 0 Å². The molecule has 0 heterocycles. The maximum absolute atomic E-state index is 6.12. The molecule has 0 unspecified atom stereocenters. The van der Waals surface area contributed by atoms with E-state index in [0.29, 0.717) is 0 Å². The third kappa shape index (κ3) is 34.5. The van der Waals surface area contributed by atoms with Crippen LogP contribution in [0.1, 0.15) is 213 Å². The average molecular weight is 587 g/mol. The first-order valence-electron chi connectivity index (χ1n) is 18.5. The van der Waals surface area contributed by atoms with Gasteiger partial charge in [-0.15, -0.1) is 0 Å². The van der Waals surface area contributed by atoms with E-state index in [4.69, 9.17) is 13.6 Å². The van der Waals surface area contributed by atoms with Gasteiger partial charge in [0.05, 0.1) is 19.8 Å². The Kier molecular flexibility index (Phi) is 37.6. The van der Waals surface area contributed by atoms with Crippen LogP contribution in [0, 0.1) is 0 Å². The van der Waals surface area contributed by atoms with Crippen molar-refractivity contribution in [3.05, 3.63) is 0 Å². The van der Waals surface area contributed by atoms with Crippen LogP contribution in [0.15, 0.2) is 0 Å². The van der Waals surface area contributed by atoms with Crippen molar-refractivity contribution in [3.63, 3.8) is 0 Å². The molecular weight excluding hydrogens is 511 g/mol. The number of rotatable bonds is 36. The molecule has 0 aliphatic rings. The molecule has 0 aromatic carbocycles. The molecule has 0 radical (unpaired) electrons. The molecule has 0 aromatic rings. The van der Waals surface area contributed by atoms with Gasteiger partial charge in [0.1, 0.15) is 0 Å². The molecule has 0 fully saturated rings. The van der Waals surface area contributed by atoms with Crippen molar-refractivity contribution in [2.75, 3.05) is 19.8 Å². The normalized spacial score (nSPS) is 11.7. The first-order valence-corrected chi connectivity index (χ1v) is 19.6. The maximum Gasteiger partial charge on any atom is 0.332 e. The maximum atomic E-state index is 6.12. The third-order valence-electron chi connectivity index (χ3n) is 8.08. The quantitative estimate of drug-likeness (QED) is 0.0540. The van der Waals surface area contributed by atoms with E-state index in [-0.39, 0.29) is 0 Å². The van der Waals surface area contributed by atoms with Crippen LogP contribution in [0.2, 0.25) is 0 Å². The standard InChI is InChI=1S/C36H75O3P/c1-4-7-10-13-16-19-22-25-28-31-34-37-40(38-35-32-29-26-23-20-17-14-11-8-5-2)39-36-33-30-27-24-21-18-15-12-9-6-3/h4-36H2,1-3H3. The highest BCUT2D eigenvalue weighted by atomic mass is 31.2. The molecule has 0 atom stereocenters. The Morgan fingerprint density at radius 3 is 0.625 bits per heavy atom. The fourth-order valence-electron chi connectivity index (χ4n) is 5.30. The molecule has 0 aliphatic heterocycles. The summed E-state index contributed by atoms with van der Waals surface area (Å²) in [6, 6.07) is 0. The highest BCUT2D eigenvalue weighted by molar-refractivity contribution is 7.41. The van der Waals surface area contributed by atoms with E-state index in [2.05, 4.69) is 20.8 Å². The molecule has 0 aliphatic carbocycles. The summed E-state index contributed by atoms with van der Waals surface area (Å²) >= 11 is 0. The second-order valence-electron chi connectivity index (χ2n) is 12.3. The van der Waals surface area contributed by atoms with Crippen LogP contribution in [-0.4, -0.2) is 19.8 Å². The van der Waals surface area contributed by atoms with E-state index in [9.17, 15) is 0 Å². The van der Waals surface area contributed by atoms with Crippen LogP contribution >= 0.6 is 8.60 Å². The van der Waals surface area contributed by atoms with E-state index in [1.54, 1.807) is 0 Å². The van der Waals surface area contributed by atoms with Crippen molar-refractivity contribution in [3.8, 4) is 0 Å². The minimum Gasteiger partial charge on any atom is -0.312 e. The Balaban J connectivity index is 3.89. The summed E-state index contributed by atoms with van der Waals surface area (Å²) in [5.41, 5.74) is 0. The summed E-state index contributed by atoms with van der Waals surface area (Å²) in [5.74, 6) is 0. The zero-order chi connectivity index (χ0) is 29.0. The van der Waals surface area contributed by atoms with Gasteiger partial charge in [0.2, 0.25) is 0 Å². The molecular formula is C36H75O3P. The topological polar surface area (TPSA) is 27.7 Å². The zero-order valence-electron chi connectivity index (χ0n) is 28.0. The van der Waals surface area contributed by atoms with E-state index in [1.807, 2.05) is 0 Å². The molecule has 4 heteroatoms. The van der Waals surface area contributed by atoms with Crippen molar-refractivity contribution in [1.29, 1.82) is 0 Å². The Hall–Kier alpha value is 0.310. The van der Waals surface area contributed by atoms with Gasteiger partial charge in [-0.05, 0) is 19.3 Å². The second kappa shape index (κ2) is 37.3. The molecule has 0 amide bonds. The van der Waals surface area contributed by atoms with Crippen molar-refractivity contribution in [2.45, 2.75) is 213 Å². The first-order chi connectivity index (χ1) is 19.8. The van der Waals surface area contributed by atoms with Gasteiger partial charge in [-0.1, -0.05) is 194 Å². The van der Waals surface area contributed by atoms with Gasteiger partial charge >= 0.3 is 8.60 Å². The Morgan fingerprint density at radius 1 is 0.250 bits per heavy atom. The average Bonchev–Trinajstić information content (AvgIpc) is 2.97. The van der Waals surface area contributed by atoms with Crippen LogP contribution in [-0.2, 0) is 13.6 Å². The van der Waals surface area contributed by atoms with Gasteiger partial charge in [-0.25, -0.2) is 0 Å². The zero-order valence-corrected chi connectivity index (χ0v) is 28.9. The van der Waals surface area contributed by atoms with Gasteiger partial charge in [0.25, 0.3) is 0 Å². The van der Waals surface area contributed by atoms with Crippen molar-refractivity contribution in [1.82, 2.24) is 0 Å². The summed E-state index contributed by atoms with van der Waals surface area (Å²) in [6.07, 6.45) is 40.6. The summed E-state index contributed by atoms with van der Waals surface area (Å²) in [6.45, 7) is 9.25. The van der Waals surface area contributed by atoms with Gasteiger partial charge in [-0.2, -0.15) is 0 Å². The third-order valence-corrected chi connectivity index (χ3v) is 9.26. The molecule has 0 N–H and O–H groups in total. The van der Waals surface area contributed by atoms with E-state index >= 15 is 0 Å². The van der Waals surface area contributed by atoms with Gasteiger partial charge in [0, 0.05) is 0 Å². The van der Waals surface area contributed by atoms with Gasteiger partial charge in [-0.3, -0.25) is 0 Å². The Morgan fingerprint density at radius 2 is 0.425 bits per heavy atom. The minimum atomic E-state index is -1.17. The molecule has 0 aromatic heterocycles. The van der Waals surface area contributed by atoms with Gasteiger partial charge < -0.3 is 13.6 Å². The molecule has 242 valence electrons.